The van der Waals surface area contributed by atoms with Crippen molar-refractivity contribution in [2.24, 2.45) is 0 Å². The molecule has 0 aliphatic rings. The van der Waals surface area contributed by atoms with Crippen LogP contribution in [0.3, 0.4) is 0 Å². The summed E-state index contributed by atoms with van der Waals surface area (Å²) >= 11 is 0. The lowest BCUT2D eigenvalue weighted by Gasteiger charge is -2.17. The van der Waals surface area contributed by atoms with Gasteiger partial charge in [-0.2, -0.15) is 0 Å². The van der Waals surface area contributed by atoms with Crippen LogP contribution in [0.1, 0.15) is 49.0 Å². The molecule has 0 saturated heterocycles. The first-order valence-electron chi connectivity index (χ1n) is 10.5. The summed E-state index contributed by atoms with van der Waals surface area (Å²) in [6.45, 7) is 5.70. The van der Waals surface area contributed by atoms with E-state index in [1.165, 1.54) is 5.56 Å². The first kappa shape index (κ1) is 22.9. The SMILES string of the molecule is CCCCNC(=O)c1ccc(CC[C@@H](C)NCC(O)COc2ccccc2)cc1. The Morgan fingerprint density at radius 3 is 2.52 bits per heavy atom. The van der Waals surface area contributed by atoms with Gasteiger partial charge >= 0.3 is 0 Å². The Labute approximate surface area is 174 Å². The lowest BCUT2D eigenvalue weighted by molar-refractivity contribution is 0.0953. The number of hydrogen-bond donors (Lipinski definition) is 3. The lowest BCUT2D eigenvalue weighted by atomic mass is 10.0. The van der Waals surface area contributed by atoms with Crippen molar-refractivity contribution in [1.29, 1.82) is 0 Å². The second-order valence-electron chi connectivity index (χ2n) is 7.43. The van der Waals surface area contributed by atoms with Gasteiger partial charge < -0.3 is 20.5 Å². The number of aliphatic hydroxyl groups excluding tert-OH is 1. The Bertz CT molecular complexity index is 704. The molecule has 0 radical (unpaired) electrons. The standard InChI is InChI=1S/C24H34N2O3/c1-3-4-16-25-24(28)21-14-12-20(13-15-21)11-10-19(2)26-17-22(27)18-29-23-8-6-5-7-9-23/h5-9,12-15,19,22,26-27H,3-4,10-11,16-18H2,1-2H3,(H,25,28)/t19-,22?/m1/s1. The number of ether oxygens (including phenoxy) is 1. The fourth-order valence-electron chi connectivity index (χ4n) is 2.89. The topological polar surface area (TPSA) is 70.6 Å². The Balaban J connectivity index is 1.64. The molecule has 0 aliphatic heterocycles. The van der Waals surface area contributed by atoms with Gasteiger partial charge in [-0.05, 0) is 56.0 Å². The third-order valence-corrected chi connectivity index (χ3v) is 4.79. The highest BCUT2D eigenvalue weighted by Crippen LogP contribution is 2.10. The summed E-state index contributed by atoms with van der Waals surface area (Å²) in [6, 6.07) is 17.6. The van der Waals surface area contributed by atoms with Crippen LogP contribution >= 0.6 is 0 Å². The van der Waals surface area contributed by atoms with E-state index in [-0.39, 0.29) is 18.6 Å². The smallest absolute Gasteiger partial charge is 0.251 e. The van der Waals surface area contributed by atoms with Gasteiger partial charge in [0.25, 0.3) is 5.91 Å². The molecule has 0 aliphatic carbocycles. The van der Waals surface area contributed by atoms with E-state index in [9.17, 15) is 9.90 Å². The van der Waals surface area contributed by atoms with E-state index in [0.29, 0.717) is 12.1 Å². The molecule has 29 heavy (non-hydrogen) atoms. The molecule has 0 fully saturated rings. The van der Waals surface area contributed by atoms with E-state index in [0.717, 1.165) is 38.0 Å². The second-order valence-corrected chi connectivity index (χ2v) is 7.43. The zero-order valence-corrected chi connectivity index (χ0v) is 17.6. The summed E-state index contributed by atoms with van der Waals surface area (Å²) < 4.78 is 5.57. The number of para-hydroxylation sites is 1. The van der Waals surface area contributed by atoms with Gasteiger partial charge in [-0.3, -0.25) is 4.79 Å². The third-order valence-electron chi connectivity index (χ3n) is 4.79. The monoisotopic (exact) mass is 398 g/mol. The zero-order chi connectivity index (χ0) is 20.9. The molecule has 2 aromatic carbocycles. The summed E-state index contributed by atoms with van der Waals surface area (Å²) in [7, 11) is 0. The molecule has 0 saturated carbocycles. The normalized spacial score (nSPS) is 12.9. The van der Waals surface area contributed by atoms with E-state index < -0.39 is 6.10 Å². The molecule has 0 aromatic heterocycles. The Morgan fingerprint density at radius 1 is 1.10 bits per heavy atom. The number of aliphatic hydroxyl groups is 1. The number of aryl methyl sites for hydroxylation is 1. The van der Waals surface area contributed by atoms with Gasteiger partial charge in [0, 0.05) is 24.7 Å². The van der Waals surface area contributed by atoms with Crippen LogP contribution in [0.5, 0.6) is 5.75 Å². The van der Waals surface area contributed by atoms with Crippen LogP contribution in [-0.2, 0) is 6.42 Å². The van der Waals surface area contributed by atoms with Crippen molar-refractivity contribution in [3.63, 3.8) is 0 Å². The van der Waals surface area contributed by atoms with Crippen LogP contribution in [0.4, 0.5) is 0 Å². The molecule has 158 valence electrons. The van der Waals surface area contributed by atoms with Gasteiger partial charge in [-0.1, -0.05) is 43.7 Å². The molecule has 0 heterocycles. The summed E-state index contributed by atoms with van der Waals surface area (Å²) in [4.78, 5) is 12.0. The number of amides is 1. The average molecular weight is 399 g/mol. The maximum atomic E-state index is 12.0. The lowest BCUT2D eigenvalue weighted by Crippen LogP contribution is -2.36. The zero-order valence-electron chi connectivity index (χ0n) is 17.6. The first-order chi connectivity index (χ1) is 14.1. The summed E-state index contributed by atoms with van der Waals surface area (Å²) in [5, 5.41) is 16.4. The van der Waals surface area contributed by atoms with Crippen LogP contribution in [0.25, 0.3) is 0 Å². The molecule has 5 heteroatoms. The quantitative estimate of drug-likeness (QED) is 0.451. The molecule has 2 aromatic rings. The molecular formula is C24H34N2O3. The number of carbonyl (C=O) groups is 1. The van der Waals surface area contributed by atoms with Crippen LogP contribution in [0.15, 0.2) is 54.6 Å². The molecule has 1 amide bonds. The summed E-state index contributed by atoms with van der Waals surface area (Å²) in [5.74, 6) is 0.758. The van der Waals surface area contributed by atoms with Crippen molar-refractivity contribution >= 4 is 5.91 Å². The fraction of sp³-hybridized carbons (Fsp3) is 0.458. The van der Waals surface area contributed by atoms with Gasteiger partial charge in [0.15, 0.2) is 0 Å². The highest BCUT2D eigenvalue weighted by molar-refractivity contribution is 5.94. The number of rotatable bonds is 13. The van der Waals surface area contributed by atoms with Gasteiger partial charge in [-0.15, -0.1) is 0 Å². The summed E-state index contributed by atoms with van der Waals surface area (Å²) in [5.41, 5.74) is 1.91. The van der Waals surface area contributed by atoms with E-state index in [2.05, 4.69) is 24.5 Å². The number of hydrogen-bond acceptors (Lipinski definition) is 4. The highest BCUT2D eigenvalue weighted by atomic mass is 16.5. The predicted octanol–water partition coefficient (Wildman–Crippen LogP) is 3.57. The maximum absolute atomic E-state index is 12.0. The fourth-order valence-corrected chi connectivity index (χ4v) is 2.89. The number of benzene rings is 2. The van der Waals surface area contributed by atoms with Gasteiger partial charge in [-0.25, -0.2) is 0 Å². The molecule has 5 nitrogen and oxygen atoms in total. The predicted molar refractivity (Wildman–Crippen MR) is 117 cm³/mol. The summed E-state index contributed by atoms with van der Waals surface area (Å²) in [6.07, 6.45) is 3.39. The van der Waals surface area contributed by atoms with Crippen molar-refractivity contribution < 1.29 is 14.6 Å². The van der Waals surface area contributed by atoms with Crippen molar-refractivity contribution in [3.8, 4) is 5.75 Å². The van der Waals surface area contributed by atoms with Gasteiger partial charge in [0.05, 0.1) is 0 Å². The first-order valence-corrected chi connectivity index (χ1v) is 10.5. The van der Waals surface area contributed by atoms with Crippen LogP contribution in [0.2, 0.25) is 0 Å². The third kappa shape index (κ3) is 9.11. The minimum Gasteiger partial charge on any atom is -0.491 e. The largest absolute Gasteiger partial charge is 0.491 e. The molecule has 0 bridgehead atoms. The van der Waals surface area contributed by atoms with Gasteiger partial charge in [0.2, 0.25) is 0 Å². The molecular weight excluding hydrogens is 364 g/mol. The molecule has 0 spiro atoms. The Kier molecular flexibility index (Phi) is 10.2. The maximum Gasteiger partial charge on any atom is 0.251 e. The highest BCUT2D eigenvalue weighted by Gasteiger charge is 2.09. The van der Waals surface area contributed by atoms with Crippen molar-refractivity contribution in [1.82, 2.24) is 10.6 Å². The number of unbranched alkanes of at least 4 members (excludes halogenated alkanes) is 1. The van der Waals surface area contributed by atoms with E-state index in [1.54, 1.807) is 0 Å². The number of nitrogens with one attached hydrogen (secondary N) is 2. The van der Waals surface area contributed by atoms with Crippen LogP contribution in [-0.4, -0.2) is 42.9 Å². The Morgan fingerprint density at radius 2 is 1.83 bits per heavy atom. The van der Waals surface area contributed by atoms with E-state index in [4.69, 9.17) is 4.74 Å². The number of carbonyl (C=O) groups excluding carboxylic acids is 1. The second kappa shape index (κ2) is 13.0. The van der Waals surface area contributed by atoms with Crippen molar-refractivity contribution in [2.45, 2.75) is 51.7 Å². The van der Waals surface area contributed by atoms with E-state index >= 15 is 0 Å². The van der Waals surface area contributed by atoms with E-state index in [1.807, 2.05) is 54.6 Å². The Hall–Kier alpha value is -2.37. The van der Waals surface area contributed by atoms with Crippen molar-refractivity contribution in [3.05, 3.63) is 65.7 Å². The molecule has 1 unspecified atom stereocenters. The van der Waals surface area contributed by atoms with Crippen LogP contribution in [0, 0.1) is 0 Å². The average Bonchev–Trinajstić information content (AvgIpc) is 2.76. The minimum atomic E-state index is -0.553. The molecule has 2 atom stereocenters. The molecule has 2 rings (SSSR count). The van der Waals surface area contributed by atoms with Crippen LogP contribution < -0.4 is 15.4 Å². The minimum absolute atomic E-state index is 0.00764. The van der Waals surface area contributed by atoms with Gasteiger partial charge in [0.1, 0.15) is 18.5 Å². The van der Waals surface area contributed by atoms with Crippen molar-refractivity contribution in [2.75, 3.05) is 19.7 Å². The molecule has 3 N–H and O–H groups in total.